The van der Waals surface area contributed by atoms with Crippen LogP contribution in [-0.2, 0) is 4.74 Å². The highest BCUT2D eigenvalue weighted by Crippen LogP contribution is 2.13. The third kappa shape index (κ3) is 7.03. The van der Waals surface area contributed by atoms with Gasteiger partial charge in [0, 0.05) is 5.69 Å². The van der Waals surface area contributed by atoms with Crippen molar-refractivity contribution < 1.29 is 14.6 Å². The normalized spacial score (nSPS) is 14.4. The molecule has 0 aliphatic carbocycles. The van der Waals surface area contributed by atoms with E-state index in [1.807, 2.05) is 6.92 Å². The second kappa shape index (κ2) is 8.02. The van der Waals surface area contributed by atoms with Gasteiger partial charge in [-0.15, -0.1) is 0 Å². The number of rotatable bonds is 8. The highest BCUT2D eigenvalue weighted by Gasteiger charge is 2.10. The fraction of sp³-hybridized carbons (Fsp3) is 0.600. The lowest BCUT2D eigenvalue weighted by molar-refractivity contribution is -0.0242. The van der Waals surface area contributed by atoms with Gasteiger partial charge in [-0.3, -0.25) is 0 Å². The molecule has 0 fully saturated rings. The molecule has 0 aromatic heterocycles. The maximum atomic E-state index is 9.77. The molecule has 3 N–H and O–H groups in total. The van der Waals surface area contributed by atoms with E-state index in [2.05, 4.69) is 13.8 Å². The van der Waals surface area contributed by atoms with Crippen molar-refractivity contribution in [3.05, 3.63) is 24.3 Å². The number of nitrogens with two attached hydrogens (primary N) is 1. The molecule has 1 aromatic carbocycles. The second-order valence-electron chi connectivity index (χ2n) is 5.31. The molecule has 0 aliphatic rings. The molecule has 0 heterocycles. The van der Waals surface area contributed by atoms with Crippen molar-refractivity contribution in [1.82, 2.24) is 0 Å². The lowest BCUT2D eigenvalue weighted by Gasteiger charge is -2.18. The average molecular weight is 267 g/mol. The zero-order valence-corrected chi connectivity index (χ0v) is 12.0. The van der Waals surface area contributed by atoms with E-state index in [-0.39, 0.29) is 12.7 Å². The van der Waals surface area contributed by atoms with Crippen LogP contribution in [0.3, 0.4) is 0 Å². The van der Waals surface area contributed by atoms with Crippen LogP contribution in [0, 0.1) is 5.92 Å². The van der Waals surface area contributed by atoms with E-state index in [9.17, 15) is 5.11 Å². The summed E-state index contributed by atoms with van der Waals surface area (Å²) in [5.74, 6) is 1.29. The minimum Gasteiger partial charge on any atom is -0.491 e. The smallest absolute Gasteiger partial charge is 0.119 e. The van der Waals surface area contributed by atoms with Crippen LogP contribution in [0.5, 0.6) is 5.75 Å². The first-order valence-corrected chi connectivity index (χ1v) is 6.75. The van der Waals surface area contributed by atoms with E-state index in [0.717, 1.165) is 6.42 Å². The maximum absolute atomic E-state index is 9.77. The molecule has 1 aromatic rings. The van der Waals surface area contributed by atoms with Crippen LogP contribution in [0.15, 0.2) is 24.3 Å². The summed E-state index contributed by atoms with van der Waals surface area (Å²) in [6.07, 6.45) is 0.532. The van der Waals surface area contributed by atoms with E-state index in [0.29, 0.717) is 24.0 Å². The van der Waals surface area contributed by atoms with Crippen LogP contribution >= 0.6 is 0 Å². The first-order chi connectivity index (χ1) is 8.97. The Morgan fingerprint density at radius 3 is 2.32 bits per heavy atom. The standard InChI is InChI=1S/C15H25NO3/c1-11(2)8-12(3)18-9-14(17)10-19-15-6-4-13(16)5-7-15/h4-7,11-12,14,17H,8-10,16H2,1-3H3. The number of benzene rings is 1. The summed E-state index contributed by atoms with van der Waals surface area (Å²) in [4.78, 5) is 0. The Hall–Kier alpha value is -1.26. The molecule has 2 unspecified atom stereocenters. The lowest BCUT2D eigenvalue weighted by Crippen LogP contribution is -2.26. The molecule has 0 saturated carbocycles. The largest absolute Gasteiger partial charge is 0.491 e. The predicted molar refractivity (Wildman–Crippen MR) is 77.2 cm³/mol. The van der Waals surface area contributed by atoms with Crippen LogP contribution < -0.4 is 10.5 Å². The summed E-state index contributed by atoms with van der Waals surface area (Å²) < 4.78 is 11.0. The monoisotopic (exact) mass is 267 g/mol. The van der Waals surface area contributed by atoms with Crippen molar-refractivity contribution in [3.63, 3.8) is 0 Å². The van der Waals surface area contributed by atoms with E-state index in [1.54, 1.807) is 24.3 Å². The highest BCUT2D eigenvalue weighted by molar-refractivity contribution is 5.41. The van der Waals surface area contributed by atoms with Crippen molar-refractivity contribution in [2.45, 2.75) is 39.4 Å². The van der Waals surface area contributed by atoms with Gasteiger partial charge in [-0.25, -0.2) is 0 Å². The van der Waals surface area contributed by atoms with Gasteiger partial charge < -0.3 is 20.3 Å². The van der Waals surface area contributed by atoms with Gasteiger partial charge >= 0.3 is 0 Å². The zero-order chi connectivity index (χ0) is 14.3. The Labute approximate surface area is 115 Å². The molecule has 4 nitrogen and oxygen atoms in total. The summed E-state index contributed by atoms with van der Waals surface area (Å²) in [6, 6.07) is 7.10. The molecular formula is C15H25NO3. The number of aliphatic hydroxyl groups is 1. The Kier molecular flexibility index (Phi) is 6.67. The van der Waals surface area contributed by atoms with E-state index < -0.39 is 6.10 Å². The maximum Gasteiger partial charge on any atom is 0.119 e. The number of aliphatic hydroxyl groups excluding tert-OH is 1. The lowest BCUT2D eigenvalue weighted by atomic mass is 10.1. The molecular weight excluding hydrogens is 242 g/mol. The number of hydrogen-bond acceptors (Lipinski definition) is 4. The number of hydrogen-bond donors (Lipinski definition) is 2. The van der Waals surface area contributed by atoms with Gasteiger partial charge in [-0.1, -0.05) is 13.8 Å². The first-order valence-electron chi connectivity index (χ1n) is 6.75. The summed E-state index contributed by atoms with van der Waals surface area (Å²) in [6.45, 7) is 6.84. The minimum absolute atomic E-state index is 0.158. The van der Waals surface area contributed by atoms with Gasteiger partial charge in [-0.2, -0.15) is 0 Å². The summed E-state index contributed by atoms with van der Waals surface area (Å²) in [5.41, 5.74) is 6.27. The SMILES string of the molecule is CC(C)CC(C)OCC(O)COc1ccc(N)cc1. The molecule has 0 radical (unpaired) electrons. The van der Waals surface area contributed by atoms with Crippen molar-refractivity contribution in [2.24, 2.45) is 5.92 Å². The van der Waals surface area contributed by atoms with Gasteiger partial charge in [0.2, 0.25) is 0 Å². The molecule has 19 heavy (non-hydrogen) atoms. The molecule has 0 saturated heterocycles. The molecule has 2 atom stereocenters. The Morgan fingerprint density at radius 1 is 1.11 bits per heavy atom. The third-order valence-corrected chi connectivity index (χ3v) is 2.70. The molecule has 108 valence electrons. The van der Waals surface area contributed by atoms with Crippen LogP contribution in [0.1, 0.15) is 27.2 Å². The molecule has 0 aliphatic heterocycles. The fourth-order valence-electron chi connectivity index (χ4n) is 1.81. The van der Waals surface area contributed by atoms with Gasteiger partial charge in [0.25, 0.3) is 0 Å². The van der Waals surface area contributed by atoms with Crippen LogP contribution in [-0.4, -0.2) is 30.5 Å². The Bertz CT molecular complexity index is 351. The second-order valence-corrected chi connectivity index (χ2v) is 5.31. The van der Waals surface area contributed by atoms with E-state index >= 15 is 0 Å². The van der Waals surface area contributed by atoms with Crippen molar-refractivity contribution >= 4 is 5.69 Å². The molecule has 0 spiro atoms. The zero-order valence-electron chi connectivity index (χ0n) is 12.0. The average Bonchev–Trinajstić information content (AvgIpc) is 2.35. The van der Waals surface area contributed by atoms with E-state index in [4.69, 9.17) is 15.2 Å². The summed E-state index contributed by atoms with van der Waals surface area (Å²) in [5, 5.41) is 9.77. The third-order valence-electron chi connectivity index (χ3n) is 2.70. The number of nitrogen functional groups attached to an aromatic ring is 1. The van der Waals surface area contributed by atoms with Crippen LogP contribution in [0.2, 0.25) is 0 Å². The van der Waals surface area contributed by atoms with Crippen LogP contribution in [0.25, 0.3) is 0 Å². The Morgan fingerprint density at radius 2 is 1.74 bits per heavy atom. The van der Waals surface area contributed by atoms with E-state index in [1.165, 1.54) is 0 Å². The van der Waals surface area contributed by atoms with Gasteiger partial charge in [-0.05, 0) is 43.5 Å². The molecule has 4 heteroatoms. The van der Waals surface area contributed by atoms with Crippen LogP contribution in [0.4, 0.5) is 5.69 Å². The number of ether oxygens (including phenoxy) is 2. The van der Waals surface area contributed by atoms with Crippen molar-refractivity contribution in [2.75, 3.05) is 18.9 Å². The molecule has 1 rings (SSSR count). The van der Waals surface area contributed by atoms with Crippen molar-refractivity contribution in [1.29, 1.82) is 0 Å². The Balaban J connectivity index is 2.20. The quantitative estimate of drug-likeness (QED) is 0.710. The van der Waals surface area contributed by atoms with Gasteiger partial charge in [0.05, 0.1) is 12.7 Å². The minimum atomic E-state index is -0.618. The van der Waals surface area contributed by atoms with Gasteiger partial charge in [0.15, 0.2) is 0 Å². The number of anilines is 1. The molecule has 0 bridgehead atoms. The fourth-order valence-corrected chi connectivity index (χ4v) is 1.81. The highest BCUT2D eigenvalue weighted by atomic mass is 16.5. The van der Waals surface area contributed by atoms with Crippen molar-refractivity contribution in [3.8, 4) is 5.75 Å². The molecule has 0 amide bonds. The van der Waals surface area contributed by atoms with Gasteiger partial charge in [0.1, 0.15) is 18.5 Å². The topological polar surface area (TPSA) is 64.7 Å². The summed E-state index contributed by atoms with van der Waals surface area (Å²) in [7, 11) is 0. The predicted octanol–water partition coefficient (Wildman–Crippen LogP) is 2.46. The first kappa shape index (κ1) is 15.8. The summed E-state index contributed by atoms with van der Waals surface area (Å²) >= 11 is 0.